The summed E-state index contributed by atoms with van der Waals surface area (Å²) in [5.41, 5.74) is -0.381. The van der Waals surface area contributed by atoms with Crippen LogP contribution >= 0.6 is 11.8 Å². The number of ether oxygens (including phenoxy) is 1. The summed E-state index contributed by atoms with van der Waals surface area (Å²) in [5, 5.41) is 6.37. The van der Waals surface area contributed by atoms with Gasteiger partial charge in [0, 0.05) is 22.7 Å². The van der Waals surface area contributed by atoms with Crippen molar-refractivity contribution in [3.05, 3.63) is 36.4 Å². The summed E-state index contributed by atoms with van der Waals surface area (Å²) in [6, 6.07) is 7.14. The van der Waals surface area contributed by atoms with Gasteiger partial charge in [-0.15, -0.1) is 11.8 Å². The first-order valence-corrected chi connectivity index (χ1v) is 16.2. The summed E-state index contributed by atoms with van der Waals surface area (Å²) in [6.45, 7) is 0. The number of likely N-dealkylation sites (tertiary alicyclic amines) is 1. The van der Waals surface area contributed by atoms with Gasteiger partial charge >= 0.3 is 0 Å². The molecule has 7 nitrogen and oxygen atoms in total. The molecule has 0 unspecified atom stereocenters. The SMILES string of the molecule is CSc1cccc(NC(=O)[C@@H]2[C@H]3C=C[C@]4(O3)[C@H](C(=O)NC3CCCCC3)N(C3CCCCCCC3)C(=O)[C@@H]24)c1. The third-order valence-corrected chi connectivity index (χ3v) is 10.3. The van der Waals surface area contributed by atoms with E-state index >= 15 is 0 Å². The van der Waals surface area contributed by atoms with Crippen molar-refractivity contribution in [2.45, 2.75) is 112 Å². The number of hydrogen-bond acceptors (Lipinski definition) is 5. The minimum Gasteiger partial charge on any atom is -0.359 e. The summed E-state index contributed by atoms with van der Waals surface area (Å²) in [4.78, 5) is 45.2. The fourth-order valence-corrected chi connectivity index (χ4v) is 8.23. The van der Waals surface area contributed by atoms with Gasteiger partial charge in [-0.25, -0.2) is 0 Å². The molecule has 2 bridgehead atoms. The number of hydrogen-bond donors (Lipinski definition) is 2. The Hall–Kier alpha value is -2.32. The van der Waals surface area contributed by atoms with E-state index in [9.17, 15) is 14.4 Å². The molecule has 39 heavy (non-hydrogen) atoms. The first-order valence-electron chi connectivity index (χ1n) is 15.0. The monoisotopic (exact) mass is 551 g/mol. The van der Waals surface area contributed by atoms with Crippen LogP contribution in [-0.4, -0.2) is 58.7 Å². The largest absolute Gasteiger partial charge is 0.359 e. The van der Waals surface area contributed by atoms with Crippen LogP contribution in [0.1, 0.15) is 77.0 Å². The van der Waals surface area contributed by atoms with E-state index < -0.39 is 29.6 Å². The zero-order valence-corrected chi connectivity index (χ0v) is 23.7. The summed E-state index contributed by atoms with van der Waals surface area (Å²) < 4.78 is 6.57. The first-order chi connectivity index (χ1) is 19.0. The average molecular weight is 552 g/mol. The molecule has 0 radical (unpaired) electrons. The number of anilines is 1. The number of nitrogens with zero attached hydrogens (tertiary/aromatic N) is 1. The van der Waals surface area contributed by atoms with Crippen molar-refractivity contribution in [3.8, 4) is 0 Å². The van der Waals surface area contributed by atoms with Gasteiger partial charge in [0.05, 0.1) is 17.9 Å². The van der Waals surface area contributed by atoms with E-state index in [0.29, 0.717) is 5.69 Å². The second-order valence-corrected chi connectivity index (χ2v) is 12.9. The lowest BCUT2D eigenvalue weighted by Crippen LogP contribution is -2.58. The molecule has 2 saturated carbocycles. The molecule has 8 heteroatoms. The fraction of sp³-hybridized carbons (Fsp3) is 0.645. The quantitative estimate of drug-likeness (QED) is 0.381. The molecule has 2 N–H and O–H groups in total. The van der Waals surface area contributed by atoms with E-state index in [0.717, 1.165) is 69.1 Å². The lowest BCUT2D eigenvalue weighted by atomic mass is 9.74. The molecule has 5 aliphatic rings. The van der Waals surface area contributed by atoms with Gasteiger partial charge in [-0.2, -0.15) is 0 Å². The number of rotatable bonds is 6. The number of benzene rings is 1. The number of fused-ring (bicyclic) bond motifs is 1. The number of nitrogens with one attached hydrogen (secondary N) is 2. The minimum atomic E-state index is -1.09. The molecule has 2 saturated heterocycles. The number of amides is 3. The van der Waals surface area contributed by atoms with E-state index in [1.165, 1.54) is 12.8 Å². The van der Waals surface area contributed by atoms with Crippen molar-refractivity contribution in [2.24, 2.45) is 11.8 Å². The van der Waals surface area contributed by atoms with Gasteiger partial charge < -0.3 is 20.3 Å². The Morgan fingerprint density at radius 3 is 2.41 bits per heavy atom. The van der Waals surface area contributed by atoms with E-state index in [-0.39, 0.29) is 29.8 Å². The van der Waals surface area contributed by atoms with Crippen molar-refractivity contribution in [2.75, 3.05) is 11.6 Å². The van der Waals surface area contributed by atoms with Crippen LogP contribution in [0.25, 0.3) is 0 Å². The Morgan fingerprint density at radius 2 is 1.67 bits per heavy atom. The zero-order chi connectivity index (χ0) is 27.0. The van der Waals surface area contributed by atoms with Crippen LogP contribution in [0.5, 0.6) is 0 Å². The van der Waals surface area contributed by atoms with Gasteiger partial charge in [0.15, 0.2) is 0 Å². The molecule has 6 rings (SSSR count). The van der Waals surface area contributed by atoms with E-state index in [4.69, 9.17) is 4.74 Å². The van der Waals surface area contributed by atoms with Crippen LogP contribution in [0.2, 0.25) is 0 Å². The van der Waals surface area contributed by atoms with Crippen molar-refractivity contribution < 1.29 is 19.1 Å². The summed E-state index contributed by atoms with van der Waals surface area (Å²) in [6.07, 6.45) is 18.2. The Balaban J connectivity index is 1.31. The lowest BCUT2D eigenvalue weighted by molar-refractivity contribution is -0.144. The Bertz CT molecular complexity index is 1130. The maximum Gasteiger partial charge on any atom is 0.246 e. The molecule has 3 aliphatic heterocycles. The van der Waals surface area contributed by atoms with Gasteiger partial charge in [0.2, 0.25) is 17.7 Å². The summed E-state index contributed by atoms with van der Waals surface area (Å²) in [7, 11) is 0. The van der Waals surface area contributed by atoms with Crippen LogP contribution in [0.15, 0.2) is 41.3 Å². The normalized spacial score (nSPS) is 33.1. The second kappa shape index (κ2) is 11.3. The van der Waals surface area contributed by atoms with Gasteiger partial charge in [-0.1, -0.05) is 69.6 Å². The van der Waals surface area contributed by atoms with Gasteiger partial charge in [0.25, 0.3) is 0 Å². The Kier molecular flexibility index (Phi) is 7.77. The van der Waals surface area contributed by atoms with Gasteiger partial charge in [-0.3, -0.25) is 14.4 Å². The van der Waals surface area contributed by atoms with Gasteiger partial charge in [0.1, 0.15) is 11.6 Å². The Labute approximate surface area is 235 Å². The standard InChI is InChI=1S/C31H41N3O4S/c1-39-23-16-10-13-21(19-23)33-28(35)25-24-17-18-31(38-24)26(25)30(37)34(22-14-8-3-2-4-9-15-22)27(31)29(36)32-20-11-6-5-7-12-20/h10,13,16-20,22,24-27H,2-9,11-12,14-15H2,1H3,(H,32,36)(H,33,35)/t24-,25-,26-,27+,31-/m1/s1. The molecule has 1 aromatic rings. The van der Waals surface area contributed by atoms with Crippen molar-refractivity contribution >= 4 is 35.2 Å². The van der Waals surface area contributed by atoms with Gasteiger partial charge in [-0.05, 0) is 50.1 Å². The predicted octanol–water partition coefficient (Wildman–Crippen LogP) is 5.06. The van der Waals surface area contributed by atoms with Crippen LogP contribution in [-0.2, 0) is 19.1 Å². The first kappa shape index (κ1) is 26.9. The van der Waals surface area contributed by atoms with Crippen LogP contribution < -0.4 is 10.6 Å². The van der Waals surface area contributed by atoms with E-state index in [2.05, 4.69) is 10.6 Å². The van der Waals surface area contributed by atoms with Crippen molar-refractivity contribution in [1.29, 1.82) is 0 Å². The molecular formula is C31H41N3O4S. The highest BCUT2D eigenvalue weighted by Crippen LogP contribution is 2.56. The highest BCUT2D eigenvalue weighted by molar-refractivity contribution is 7.98. The molecule has 0 aromatic heterocycles. The highest BCUT2D eigenvalue weighted by Gasteiger charge is 2.73. The van der Waals surface area contributed by atoms with E-state index in [1.807, 2.05) is 47.6 Å². The lowest BCUT2D eigenvalue weighted by Gasteiger charge is -2.38. The molecule has 3 heterocycles. The van der Waals surface area contributed by atoms with Crippen molar-refractivity contribution in [1.82, 2.24) is 10.2 Å². The molecule has 2 aliphatic carbocycles. The highest BCUT2D eigenvalue weighted by atomic mass is 32.2. The smallest absolute Gasteiger partial charge is 0.246 e. The summed E-state index contributed by atoms with van der Waals surface area (Å²) >= 11 is 1.61. The number of thioether (sulfide) groups is 1. The molecule has 4 fully saturated rings. The molecule has 210 valence electrons. The van der Waals surface area contributed by atoms with Crippen LogP contribution in [0.4, 0.5) is 5.69 Å². The fourth-order valence-electron chi connectivity index (χ4n) is 7.77. The second-order valence-electron chi connectivity index (χ2n) is 12.0. The van der Waals surface area contributed by atoms with Crippen LogP contribution in [0.3, 0.4) is 0 Å². The number of carbonyl (C=O) groups is 3. The molecule has 3 amide bonds. The molecule has 1 spiro atoms. The van der Waals surface area contributed by atoms with Crippen molar-refractivity contribution in [3.63, 3.8) is 0 Å². The minimum absolute atomic E-state index is 0.00194. The third kappa shape index (κ3) is 4.92. The number of carbonyl (C=O) groups excluding carboxylic acids is 3. The summed E-state index contributed by atoms with van der Waals surface area (Å²) in [5.74, 6) is -1.77. The van der Waals surface area contributed by atoms with E-state index in [1.54, 1.807) is 11.8 Å². The third-order valence-electron chi connectivity index (χ3n) is 9.62. The predicted molar refractivity (Wildman–Crippen MR) is 152 cm³/mol. The topological polar surface area (TPSA) is 87.7 Å². The maximum atomic E-state index is 14.4. The molecular weight excluding hydrogens is 510 g/mol. The molecule has 5 atom stereocenters. The molecule has 1 aromatic carbocycles. The average Bonchev–Trinajstić information content (AvgIpc) is 3.57. The maximum absolute atomic E-state index is 14.4. The zero-order valence-electron chi connectivity index (χ0n) is 22.9. The Morgan fingerprint density at radius 1 is 0.974 bits per heavy atom. The van der Waals surface area contributed by atoms with Crippen LogP contribution in [0, 0.1) is 11.8 Å².